The lowest BCUT2D eigenvalue weighted by molar-refractivity contribution is -0.150. The highest BCUT2D eigenvalue weighted by molar-refractivity contribution is 6.22. The van der Waals surface area contributed by atoms with Gasteiger partial charge >= 0.3 is 12.0 Å². The number of nitrogens with zero attached hydrogens (tertiary/aromatic N) is 2. The first-order valence-corrected chi connectivity index (χ1v) is 7.02. The molecule has 2 atom stereocenters. The monoisotopic (exact) mass is 306 g/mol. The van der Waals surface area contributed by atoms with E-state index in [1.165, 1.54) is 36.3 Å². The first kappa shape index (κ1) is 14.5. The number of imide groups is 1. The third-order valence-corrected chi connectivity index (χ3v) is 4.13. The number of fused-ring (bicyclic) bond motifs is 1. The van der Waals surface area contributed by atoms with E-state index in [4.69, 9.17) is 4.74 Å². The number of hydrogen-bond donors (Lipinski definition) is 0. The van der Waals surface area contributed by atoms with E-state index < -0.39 is 35.7 Å². The van der Waals surface area contributed by atoms with Crippen molar-refractivity contribution in [3.63, 3.8) is 0 Å². The fourth-order valence-corrected chi connectivity index (χ4v) is 3.10. The first-order valence-electron chi connectivity index (χ1n) is 7.02. The zero-order valence-electron chi connectivity index (χ0n) is 12.0. The van der Waals surface area contributed by atoms with Crippen LogP contribution >= 0.6 is 0 Å². The van der Waals surface area contributed by atoms with Crippen molar-refractivity contribution < 1.29 is 23.5 Å². The summed E-state index contributed by atoms with van der Waals surface area (Å²) in [4.78, 5) is 39.4. The summed E-state index contributed by atoms with van der Waals surface area (Å²) in [6, 6.07) is 3.80. The van der Waals surface area contributed by atoms with Gasteiger partial charge in [0.2, 0.25) is 0 Å². The van der Waals surface area contributed by atoms with Crippen LogP contribution in [0.4, 0.5) is 14.9 Å². The van der Waals surface area contributed by atoms with Crippen molar-refractivity contribution >= 4 is 23.6 Å². The Bertz CT molecular complexity index is 631. The van der Waals surface area contributed by atoms with Gasteiger partial charge in [-0.2, -0.15) is 0 Å². The summed E-state index contributed by atoms with van der Waals surface area (Å²) in [6.07, 6.45) is 1.14. The third-order valence-electron chi connectivity index (χ3n) is 4.13. The van der Waals surface area contributed by atoms with Crippen molar-refractivity contribution in [2.75, 3.05) is 18.6 Å². The Morgan fingerprint density at radius 3 is 2.59 bits per heavy atom. The molecule has 2 heterocycles. The van der Waals surface area contributed by atoms with Gasteiger partial charge in [-0.1, -0.05) is 0 Å². The number of carbonyl (C=O) groups excluding carboxylic acids is 3. The maximum absolute atomic E-state index is 13.0. The number of amides is 3. The summed E-state index contributed by atoms with van der Waals surface area (Å²) >= 11 is 0. The minimum atomic E-state index is -0.834. The van der Waals surface area contributed by atoms with Gasteiger partial charge in [-0.3, -0.25) is 9.59 Å². The van der Waals surface area contributed by atoms with Gasteiger partial charge in [0.1, 0.15) is 11.9 Å². The maximum Gasteiger partial charge on any atom is 0.332 e. The van der Waals surface area contributed by atoms with Crippen molar-refractivity contribution in [3.8, 4) is 0 Å². The molecule has 2 aliphatic heterocycles. The van der Waals surface area contributed by atoms with Gasteiger partial charge in [-0.05, 0) is 37.1 Å². The van der Waals surface area contributed by atoms with Crippen LogP contribution in [0.15, 0.2) is 24.3 Å². The number of anilines is 1. The summed E-state index contributed by atoms with van der Waals surface area (Å²) in [6.45, 7) is 0.417. The largest absolute Gasteiger partial charge is 0.469 e. The van der Waals surface area contributed by atoms with Crippen LogP contribution in [0.3, 0.4) is 0 Å². The van der Waals surface area contributed by atoms with Crippen LogP contribution in [0.2, 0.25) is 0 Å². The Balaban J connectivity index is 1.95. The fourth-order valence-electron chi connectivity index (χ4n) is 3.10. The van der Waals surface area contributed by atoms with E-state index in [0.717, 1.165) is 4.90 Å². The number of rotatable bonds is 2. The molecule has 2 aliphatic rings. The van der Waals surface area contributed by atoms with Crippen LogP contribution < -0.4 is 4.90 Å². The number of piperidine rings is 1. The molecule has 3 amide bonds. The van der Waals surface area contributed by atoms with E-state index in [-0.39, 0.29) is 0 Å². The number of urea groups is 1. The SMILES string of the molecule is COC(=O)[C@H]1CCCN2C(=O)N(c3ccc(F)cc3)C(=O)[C@H]12. The lowest BCUT2D eigenvalue weighted by Gasteiger charge is -2.31. The van der Waals surface area contributed by atoms with Crippen LogP contribution in [0, 0.1) is 11.7 Å². The molecule has 0 bridgehead atoms. The molecule has 0 unspecified atom stereocenters. The van der Waals surface area contributed by atoms with E-state index in [0.29, 0.717) is 25.1 Å². The maximum atomic E-state index is 13.0. The Morgan fingerprint density at radius 1 is 1.27 bits per heavy atom. The number of hydrogen-bond acceptors (Lipinski definition) is 4. The predicted octanol–water partition coefficient (Wildman–Crippen LogP) is 1.55. The van der Waals surface area contributed by atoms with Gasteiger partial charge in [0.05, 0.1) is 18.7 Å². The molecule has 0 aliphatic carbocycles. The molecule has 2 saturated heterocycles. The minimum absolute atomic E-state index is 0.300. The van der Waals surface area contributed by atoms with Gasteiger partial charge < -0.3 is 9.64 Å². The molecule has 6 nitrogen and oxygen atoms in total. The number of halogens is 1. The molecule has 0 saturated carbocycles. The molecule has 1 aromatic rings. The van der Waals surface area contributed by atoms with Crippen molar-refractivity contribution in [2.24, 2.45) is 5.92 Å². The molecular formula is C15H15FN2O4. The van der Waals surface area contributed by atoms with Gasteiger partial charge in [-0.25, -0.2) is 14.1 Å². The summed E-state index contributed by atoms with van der Waals surface area (Å²) in [5.41, 5.74) is 0.300. The molecular weight excluding hydrogens is 291 g/mol. The van der Waals surface area contributed by atoms with E-state index in [1.54, 1.807) is 0 Å². The van der Waals surface area contributed by atoms with Crippen molar-refractivity contribution in [1.82, 2.24) is 4.90 Å². The number of benzene rings is 1. The van der Waals surface area contributed by atoms with Crippen molar-refractivity contribution in [3.05, 3.63) is 30.1 Å². The van der Waals surface area contributed by atoms with Gasteiger partial charge in [0.15, 0.2) is 0 Å². The molecule has 7 heteroatoms. The summed E-state index contributed by atoms with van der Waals surface area (Å²) in [5.74, 6) is -2.06. The zero-order chi connectivity index (χ0) is 15.9. The molecule has 22 heavy (non-hydrogen) atoms. The standard InChI is InChI=1S/C15H15FN2O4/c1-22-14(20)11-3-2-8-17-12(11)13(19)18(15(17)21)10-6-4-9(16)5-7-10/h4-7,11-12H,2-3,8H2,1H3/t11-,12-/m0/s1. The number of ether oxygens (including phenoxy) is 1. The van der Waals surface area contributed by atoms with Crippen LogP contribution in [0.25, 0.3) is 0 Å². The topological polar surface area (TPSA) is 66.9 Å². The molecule has 3 rings (SSSR count). The highest BCUT2D eigenvalue weighted by Gasteiger charge is 2.53. The van der Waals surface area contributed by atoms with Crippen LogP contribution in [0.1, 0.15) is 12.8 Å². The van der Waals surface area contributed by atoms with E-state index in [2.05, 4.69) is 0 Å². The number of carbonyl (C=O) groups is 3. The molecule has 0 aromatic heterocycles. The second kappa shape index (κ2) is 5.40. The summed E-state index contributed by atoms with van der Waals surface area (Å²) in [5, 5.41) is 0. The molecule has 0 N–H and O–H groups in total. The van der Waals surface area contributed by atoms with Crippen molar-refractivity contribution in [2.45, 2.75) is 18.9 Å². The molecule has 116 valence electrons. The third kappa shape index (κ3) is 2.13. The quantitative estimate of drug-likeness (QED) is 0.614. The van der Waals surface area contributed by atoms with Crippen molar-refractivity contribution in [1.29, 1.82) is 0 Å². The normalized spacial score (nSPS) is 24.5. The van der Waals surface area contributed by atoms with E-state index in [9.17, 15) is 18.8 Å². The second-order valence-corrected chi connectivity index (χ2v) is 5.34. The van der Waals surface area contributed by atoms with Crippen LogP contribution in [0.5, 0.6) is 0 Å². The van der Waals surface area contributed by atoms with Crippen LogP contribution in [-0.2, 0) is 14.3 Å². The number of esters is 1. The summed E-state index contributed by atoms with van der Waals surface area (Å²) in [7, 11) is 1.26. The Morgan fingerprint density at radius 2 is 1.95 bits per heavy atom. The lowest BCUT2D eigenvalue weighted by Crippen LogP contribution is -2.48. The highest BCUT2D eigenvalue weighted by atomic mass is 19.1. The smallest absolute Gasteiger partial charge is 0.332 e. The van der Waals surface area contributed by atoms with Gasteiger partial charge in [0.25, 0.3) is 5.91 Å². The second-order valence-electron chi connectivity index (χ2n) is 5.34. The average molecular weight is 306 g/mol. The Hall–Kier alpha value is -2.44. The summed E-state index contributed by atoms with van der Waals surface area (Å²) < 4.78 is 17.8. The Labute approximate surface area is 126 Å². The minimum Gasteiger partial charge on any atom is -0.469 e. The number of methoxy groups -OCH3 is 1. The fraction of sp³-hybridized carbons (Fsp3) is 0.400. The van der Waals surface area contributed by atoms with E-state index >= 15 is 0 Å². The highest BCUT2D eigenvalue weighted by Crippen LogP contribution is 2.34. The lowest BCUT2D eigenvalue weighted by atomic mass is 9.89. The zero-order valence-corrected chi connectivity index (χ0v) is 12.0. The first-order chi connectivity index (χ1) is 10.5. The molecule has 1 aromatic carbocycles. The van der Waals surface area contributed by atoms with Crippen LogP contribution in [-0.4, -0.2) is 42.5 Å². The molecule has 2 fully saturated rings. The predicted molar refractivity (Wildman–Crippen MR) is 74.5 cm³/mol. The molecule has 0 spiro atoms. The van der Waals surface area contributed by atoms with Gasteiger partial charge in [0, 0.05) is 6.54 Å². The Kier molecular flexibility index (Phi) is 3.56. The average Bonchev–Trinajstić information content (AvgIpc) is 2.79. The van der Waals surface area contributed by atoms with E-state index in [1.807, 2.05) is 0 Å². The molecule has 0 radical (unpaired) electrons. The van der Waals surface area contributed by atoms with Gasteiger partial charge in [-0.15, -0.1) is 0 Å².